The average molecular weight is 186 g/mol. The fraction of sp³-hybridized carbons (Fsp3) is 1.00. The Bertz CT molecular complexity index is 201. The Morgan fingerprint density at radius 2 is 2.31 bits per heavy atom. The maximum Gasteiger partial charge on any atom is 0.143 e. The zero-order valence-electron chi connectivity index (χ0n) is 8.28. The van der Waals surface area contributed by atoms with Crippen molar-refractivity contribution in [1.82, 2.24) is 0 Å². The smallest absolute Gasteiger partial charge is 0.143 e. The minimum absolute atomic E-state index is 0.0162. The van der Waals surface area contributed by atoms with Gasteiger partial charge in [-0.3, -0.25) is 0 Å². The molecule has 0 aromatic rings. The number of methoxy groups -OCH3 is 2. The normalized spacial score (nSPS) is 48.6. The van der Waals surface area contributed by atoms with Crippen LogP contribution in [0, 0.1) is 0 Å². The quantitative estimate of drug-likeness (QED) is 0.517. The Balaban J connectivity index is 2.17. The summed E-state index contributed by atoms with van der Waals surface area (Å²) in [6, 6.07) is 0.105. The molecule has 0 saturated carbocycles. The third kappa shape index (κ3) is 1.22. The van der Waals surface area contributed by atoms with Gasteiger partial charge in [0.05, 0.1) is 19.2 Å². The van der Waals surface area contributed by atoms with Gasteiger partial charge in [0.1, 0.15) is 25.7 Å². The van der Waals surface area contributed by atoms with Crippen LogP contribution in [0.15, 0.2) is 0 Å². The minimum Gasteiger partial charge on any atom is -0.381 e. The summed E-state index contributed by atoms with van der Waals surface area (Å²) in [6.07, 6.45) is 0.0857. The standard InChI is InChI=1S/C8H15BO4/c1-10-3-8-4-12-5(6(8)11-2)7(9)13-8/h5-7H,3-4,9H2,1-2H3/t5?,6-,7-,8+/m1/s1. The molecule has 0 aliphatic carbocycles. The van der Waals surface area contributed by atoms with E-state index in [1.165, 1.54) is 0 Å². The molecule has 2 heterocycles. The van der Waals surface area contributed by atoms with Gasteiger partial charge in [-0.05, 0) is 0 Å². The fourth-order valence-electron chi connectivity index (χ4n) is 2.38. The second-order valence-corrected chi connectivity index (χ2v) is 3.75. The molecule has 0 N–H and O–H groups in total. The van der Waals surface area contributed by atoms with E-state index in [0.29, 0.717) is 13.2 Å². The topological polar surface area (TPSA) is 36.9 Å². The molecule has 4 nitrogen and oxygen atoms in total. The van der Waals surface area contributed by atoms with E-state index in [0.717, 1.165) is 0 Å². The number of fused-ring (bicyclic) bond motifs is 2. The van der Waals surface area contributed by atoms with E-state index in [1.807, 2.05) is 7.85 Å². The second-order valence-electron chi connectivity index (χ2n) is 3.75. The fourth-order valence-corrected chi connectivity index (χ4v) is 2.38. The van der Waals surface area contributed by atoms with Crippen LogP contribution in [0.3, 0.4) is 0 Å². The molecule has 74 valence electrons. The molecule has 2 aliphatic rings. The SMILES string of the molecule is B[C@@H]1O[C@@]2(COC)COC1[C@H]2OC. The lowest BCUT2D eigenvalue weighted by Crippen LogP contribution is -2.45. The van der Waals surface area contributed by atoms with Gasteiger partial charge in [-0.15, -0.1) is 0 Å². The van der Waals surface area contributed by atoms with E-state index in [-0.39, 0.29) is 23.8 Å². The largest absolute Gasteiger partial charge is 0.381 e. The van der Waals surface area contributed by atoms with Crippen molar-refractivity contribution in [1.29, 1.82) is 0 Å². The average Bonchev–Trinajstić information content (AvgIpc) is 2.55. The van der Waals surface area contributed by atoms with Crippen LogP contribution < -0.4 is 0 Å². The molecule has 0 spiro atoms. The molecule has 2 bridgehead atoms. The first-order valence-corrected chi connectivity index (χ1v) is 4.54. The van der Waals surface area contributed by atoms with Gasteiger partial charge < -0.3 is 18.9 Å². The Hall–Kier alpha value is -0.0951. The Morgan fingerprint density at radius 1 is 1.54 bits per heavy atom. The lowest BCUT2D eigenvalue weighted by atomic mass is 9.92. The van der Waals surface area contributed by atoms with E-state index in [4.69, 9.17) is 18.9 Å². The van der Waals surface area contributed by atoms with Gasteiger partial charge in [0.2, 0.25) is 0 Å². The molecule has 1 unspecified atom stereocenters. The lowest BCUT2D eigenvalue weighted by Gasteiger charge is -2.29. The summed E-state index contributed by atoms with van der Waals surface area (Å²) < 4.78 is 21.9. The number of hydrogen-bond acceptors (Lipinski definition) is 4. The minimum atomic E-state index is -0.367. The first-order valence-electron chi connectivity index (χ1n) is 4.54. The predicted octanol–water partition coefficient (Wildman–Crippen LogP) is -1.23. The van der Waals surface area contributed by atoms with Crippen molar-refractivity contribution in [2.45, 2.75) is 23.8 Å². The maximum absolute atomic E-state index is 5.82. The first-order chi connectivity index (χ1) is 6.23. The zero-order chi connectivity index (χ0) is 9.47. The third-order valence-corrected chi connectivity index (χ3v) is 2.86. The summed E-state index contributed by atoms with van der Waals surface area (Å²) in [7, 11) is 5.37. The van der Waals surface area contributed by atoms with Gasteiger partial charge in [-0.2, -0.15) is 0 Å². The molecule has 2 saturated heterocycles. The summed E-state index contributed by atoms with van der Waals surface area (Å²) in [5, 5.41) is 0. The van der Waals surface area contributed by atoms with Crippen LogP contribution in [-0.2, 0) is 18.9 Å². The highest BCUT2D eigenvalue weighted by Crippen LogP contribution is 2.40. The highest BCUT2D eigenvalue weighted by molar-refractivity contribution is 6.11. The van der Waals surface area contributed by atoms with Crippen LogP contribution in [0.4, 0.5) is 0 Å². The van der Waals surface area contributed by atoms with Crippen molar-refractivity contribution in [2.75, 3.05) is 27.4 Å². The number of rotatable bonds is 3. The molecule has 0 aromatic carbocycles. The molecule has 5 heteroatoms. The Labute approximate surface area is 78.9 Å². The van der Waals surface area contributed by atoms with Gasteiger partial charge in [-0.1, -0.05) is 0 Å². The number of ether oxygens (including phenoxy) is 4. The van der Waals surface area contributed by atoms with E-state index in [9.17, 15) is 0 Å². The zero-order valence-corrected chi connectivity index (χ0v) is 8.28. The summed E-state index contributed by atoms with van der Waals surface area (Å²) in [4.78, 5) is 0. The molecule has 2 rings (SSSR count). The molecule has 0 aromatic heterocycles. The van der Waals surface area contributed by atoms with Gasteiger partial charge in [0.15, 0.2) is 0 Å². The van der Waals surface area contributed by atoms with Crippen molar-refractivity contribution in [3.63, 3.8) is 0 Å². The van der Waals surface area contributed by atoms with E-state index in [2.05, 4.69) is 0 Å². The van der Waals surface area contributed by atoms with Crippen LogP contribution in [0.2, 0.25) is 0 Å². The van der Waals surface area contributed by atoms with Crippen LogP contribution in [-0.4, -0.2) is 59.1 Å². The van der Waals surface area contributed by atoms with Gasteiger partial charge in [0.25, 0.3) is 0 Å². The molecule has 0 amide bonds. The molecule has 0 radical (unpaired) electrons. The van der Waals surface area contributed by atoms with E-state index in [1.54, 1.807) is 14.2 Å². The highest BCUT2D eigenvalue weighted by atomic mass is 16.7. The summed E-state index contributed by atoms with van der Waals surface area (Å²) in [5.74, 6) is 0. The Morgan fingerprint density at radius 3 is 2.85 bits per heavy atom. The van der Waals surface area contributed by atoms with Crippen molar-refractivity contribution in [2.24, 2.45) is 0 Å². The van der Waals surface area contributed by atoms with Crippen LogP contribution in [0.25, 0.3) is 0 Å². The lowest BCUT2D eigenvalue weighted by molar-refractivity contribution is -0.144. The molecular weight excluding hydrogens is 171 g/mol. The molecule has 2 aliphatic heterocycles. The summed E-state index contributed by atoms with van der Waals surface area (Å²) >= 11 is 0. The van der Waals surface area contributed by atoms with Gasteiger partial charge >= 0.3 is 0 Å². The van der Waals surface area contributed by atoms with E-state index >= 15 is 0 Å². The first kappa shape index (κ1) is 9.46. The van der Waals surface area contributed by atoms with Gasteiger partial charge in [0, 0.05) is 14.2 Å². The summed E-state index contributed by atoms with van der Waals surface area (Å²) in [5.41, 5.74) is -0.367. The summed E-state index contributed by atoms with van der Waals surface area (Å²) in [6.45, 7) is 1.11. The van der Waals surface area contributed by atoms with E-state index < -0.39 is 0 Å². The molecule has 2 fully saturated rings. The molecule has 13 heavy (non-hydrogen) atoms. The van der Waals surface area contributed by atoms with Crippen LogP contribution >= 0.6 is 0 Å². The van der Waals surface area contributed by atoms with Crippen molar-refractivity contribution in [3.05, 3.63) is 0 Å². The van der Waals surface area contributed by atoms with Crippen molar-refractivity contribution < 1.29 is 18.9 Å². The monoisotopic (exact) mass is 186 g/mol. The van der Waals surface area contributed by atoms with Gasteiger partial charge in [-0.25, -0.2) is 0 Å². The van der Waals surface area contributed by atoms with Crippen molar-refractivity contribution >= 4 is 7.85 Å². The van der Waals surface area contributed by atoms with Crippen molar-refractivity contribution in [3.8, 4) is 0 Å². The predicted molar refractivity (Wildman–Crippen MR) is 48.6 cm³/mol. The second kappa shape index (κ2) is 3.24. The molecule has 4 atom stereocenters. The maximum atomic E-state index is 5.82. The highest BCUT2D eigenvalue weighted by Gasteiger charge is 2.60. The molecular formula is C8H15BO4. The van der Waals surface area contributed by atoms with Crippen LogP contribution in [0.1, 0.15) is 0 Å². The van der Waals surface area contributed by atoms with Crippen LogP contribution in [0.5, 0.6) is 0 Å². The number of hydrogen-bond donors (Lipinski definition) is 0. The Kier molecular flexibility index (Phi) is 2.36. The third-order valence-electron chi connectivity index (χ3n) is 2.86.